The maximum absolute atomic E-state index is 13.5. The average Bonchev–Trinajstić information content (AvgIpc) is 2.32. The Morgan fingerprint density at radius 2 is 2.00 bits per heavy atom. The summed E-state index contributed by atoms with van der Waals surface area (Å²) in [6.45, 7) is 0. The van der Waals surface area contributed by atoms with Crippen molar-refractivity contribution in [2.75, 3.05) is 5.32 Å². The predicted octanol–water partition coefficient (Wildman–Crippen LogP) is 3.37. The van der Waals surface area contributed by atoms with Crippen molar-refractivity contribution in [3.63, 3.8) is 0 Å². The zero-order valence-electron chi connectivity index (χ0n) is 8.95. The minimum absolute atomic E-state index is 0.0282. The summed E-state index contributed by atoms with van der Waals surface area (Å²) in [4.78, 5) is 15.1. The number of halogens is 3. The Kier molecular flexibility index (Phi) is 3.66. The van der Waals surface area contributed by atoms with Crippen molar-refractivity contribution < 1.29 is 13.6 Å². The Hall–Kier alpha value is -1.82. The molecule has 0 saturated carbocycles. The van der Waals surface area contributed by atoms with Crippen LogP contribution in [0.5, 0.6) is 0 Å². The Labute approximate surface area is 110 Å². The van der Waals surface area contributed by atoms with Crippen LogP contribution in [0.3, 0.4) is 0 Å². The van der Waals surface area contributed by atoms with Gasteiger partial charge < -0.3 is 5.32 Å². The monoisotopic (exact) mass is 312 g/mol. The lowest BCUT2D eigenvalue weighted by molar-refractivity contribution is 0.102. The van der Waals surface area contributed by atoms with E-state index in [9.17, 15) is 13.6 Å². The number of hydrogen-bond donors (Lipinski definition) is 1. The first-order chi connectivity index (χ1) is 8.56. The van der Waals surface area contributed by atoms with E-state index < -0.39 is 17.7 Å². The molecule has 1 N–H and O–H groups in total. The van der Waals surface area contributed by atoms with Crippen LogP contribution in [-0.4, -0.2) is 10.9 Å². The SMILES string of the molecule is O=C(Nc1ccc(Br)cc1F)c1ccnc(F)c1. The van der Waals surface area contributed by atoms with Gasteiger partial charge in [0.05, 0.1) is 5.69 Å². The molecule has 0 spiro atoms. The number of rotatable bonds is 2. The van der Waals surface area contributed by atoms with E-state index in [1.54, 1.807) is 6.07 Å². The van der Waals surface area contributed by atoms with E-state index in [-0.39, 0.29) is 11.3 Å². The summed E-state index contributed by atoms with van der Waals surface area (Å²) in [5, 5.41) is 2.35. The Bertz CT molecular complexity index is 604. The van der Waals surface area contributed by atoms with E-state index in [0.29, 0.717) is 4.47 Å². The molecule has 0 bridgehead atoms. The normalized spacial score (nSPS) is 10.2. The van der Waals surface area contributed by atoms with E-state index in [1.807, 2.05) is 0 Å². The van der Waals surface area contributed by atoms with Crippen LogP contribution in [0, 0.1) is 11.8 Å². The van der Waals surface area contributed by atoms with Gasteiger partial charge in [0.25, 0.3) is 5.91 Å². The molecule has 2 aromatic rings. The summed E-state index contributed by atoms with van der Waals surface area (Å²) in [5.41, 5.74) is 0.102. The smallest absolute Gasteiger partial charge is 0.255 e. The fourth-order valence-electron chi connectivity index (χ4n) is 1.33. The average molecular weight is 313 g/mol. The number of anilines is 1. The van der Waals surface area contributed by atoms with Crippen LogP contribution in [0.15, 0.2) is 41.0 Å². The van der Waals surface area contributed by atoms with Gasteiger partial charge in [-0.25, -0.2) is 9.37 Å². The lowest BCUT2D eigenvalue weighted by Crippen LogP contribution is -2.13. The maximum atomic E-state index is 13.5. The predicted molar refractivity (Wildman–Crippen MR) is 66.2 cm³/mol. The van der Waals surface area contributed by atoms with Crippen molar-refractivity contribution in [3.8, 4) is 0 Å². The van der Waals surface area contributed by atoms with Crippen molar-refractivity contribution in [2.45, 2.75) is 0 Å². The number of benzene rings is 1. The summed E-state index contributed by atoms with van der Waals surface area (Å²) >= 11 is 3.11. The molecule has 0 aliphatic heterocycles. The molecule has 0 atom stereocenters. The summed E-state index contributed by atoms with van der Waals surface area (Å²) in [6, 6.07) is 6.55. The van der Waals surface area contributed by atoms with Crippen LogP contribution in [0.2, 0.25) is 0 Å². The molecule has 0 radical (unpaired) electrons. The van der Waals surface area contributed by atoms with E-state index in [0.717, 1.165) is 6.07 Å². The zero-order chi connectivity index (χ0) is 13.1. The van der Waals surface area contributed by atoms with Gasteiger partial charge in [-0.15, -0.1) is 0 Å². The topological polar surface area (TPSA) is 42.0 Å². The highest BCUT2D eigenvalue weighted by molar-refractivity contribution is 9.10. The van der Waals surface area contributed by atoms with Gasteiger partial charge in [-0.2, -0.15) is 4.39 Å². The molecule has 1 heterocycles. The first-order valence-corrected chi connectivity index (χ1v) is 5.73. The van der Waals surface area contributed by atoms with Gasteiger partial charge in [-0.1, -0.05) is 15.9 Å². The van der Waals surface area contributed by atoms with Crippen molar-refractivity contribution in [2.24, 2.45) is 0 Å². The molecule has 0 saturated heterocycles. The highest BCUT2D eigenvalue weighted by atomic mass is 79.9. The highest BCUT2D eigenvalue weighted by Gasteiger charge is 2.10. The van der Waals surface area contributed by atoms with Gasteiger partial charge in [0.1, 0.15) is 5.82 Å². The zero-order valence-corrected chi connectivity index (χ0v) is 10.5. The van der Waals surface area contributed by atoms with Crippen LogP contribution in [-0.2, 0) is 0 Å². The van der Waals surface area contributed by atoms with Crippen molar-refractivity contribution in [1.82, 2.24) is 4.98 Å². The van der Waals surface area contributed by atoms with E-state index in [1.165, 1.54) is 24.4 Å². The molecule has 0 aliphatic carbocycles. The Morgan fingerprint density at radius 3 is 2.67 bits per heavy atom. The van der Waals surface area contributed by atoms with E-state index in [2.05, 4.69) is 26.2 Å². The fraction of sp³-hybridized carbons (Fsp3) is 0. The number of hydrogen-bond acceptors (Lipinski definition) is 2. The third-order valence-electron chi connectivity index (χ3n) is 2.17. The highest BCUT2D eigenvalue weighted by Crippen LogP contribution is 2.19. The van der Waals surface area contributed by atoms with Crippen molar-refractivity contribution >= 4 is 27.5 Å². The third kappa shape index (κ3) is 2.89. The summed E-state index contributed by atoms with van der Waals surface area (Å²) in [7, 11) is 0. The van der Waals surface area contributed by atoms with Gasteiger partial charge in [0.2, 0.25) is 5.95 Å². The summed E-state index contributed by atoms with van der Waals surface area (Å²) in [6.07, 6.45) is 1.17. The summed E-state index contributed by atoms with van der Waals surface area (Å²) < 4.78 is 26.9. The minimum atomic E-state index is -0.765. The first kappa shape index (κ1) is 12.6. The maximum Gasteiger partial charge on any atom is 0.255 e. The molecule has 0 unspecified atom stereocenters. The molecule has 2 rings (SSSR count). The standard InChI is InChI=1S/C12H7BrF2N2O/c13-8-1-2-10(9(14)6-8)17-12(18)7-3-4-16-11(15)5-7/h1-6H,(H,17,18). The summed E-state index contributed by atoms with van der Waals surface area (Å²) in [5.74, 6) is -1.94. The van der Waals surface area contributed by atoms with Crippen LogP contribution in [0.4, 0.5) is 14.5 Å². The van der Waals surface area contributed by atoms with Gasteiger partial charge >= 0.3 is 0 Å². The first-order valence-electron chi connectivity index (χ1n) is 4.94. The Morgan fingerprint density at radius 1 is 1.22 bits per heavy atom. The third-order valence-corrected chi connectivity index (χ3v) is 2.66. The molecule has 6 heteroatoms. The Balaban J connectivity index is 2.21. The largest absolute Gasteiger partial charge is 0.319 e. The van der Waals surface area contributed by atoms with Crippen molar-refractivity contribution in [3.05, 3.63) is 58.3 Å². The van der Waals surface area contributed by atoms with Crippen LogP contribution in [0.25, 0.3) is 0 Å². The molecule has 0 fully saturated rings. The number of amides is 1. The number of carbonyl (C=O) groups excluding carboxylic acids is 1. The molecule has 0 aliphatic rings. The van der Waals surface area contributed by atoms with E-state index >= 15 is 0 Å². The molecular weight excluding hydrogens is 306 g/mol. The number of pyridine rings is 1. The molecule has 1 aromatic carbocycles. The lowest BCUT2D eigenvalue weighted by Gasteiger charge is -2.06. The number of aromatic nitrogens is 1. The molecule has 1 amide bonds. The minimum Gasteiger partial charge on any atom is -0.319 e. The molecule has 1 aromatic heterocycles. The van der Waals surface area contributed by atoms with Crippen LogP contribution in [0.1, 0.15) is 10.4 Å². The van der Waals surface area contributed by atoms with Gasteiger partial charge in [-0.3, -0.25) is 4.79 Å². The van der Waals surface area contributed by atoms with Crippen LogP contribution < -0.4 is 5.32 Å². The van der Waals surface area contributed by atoms with E-state index in [4.69, 9.17) is 0 Å². The van der Waals surface area contributed by atoms with Gasteiger partial charge in [0, 0.05) is 22.3 Å². The fourth-order valence-corrected chi connectivity index (χ4v) is 1.66. The number of nitrogens with zero attached hydrogens (tertiary/aromatic N) is 1. The number of nitrogens with one attached hydrogen (secondary N) is 1. The van der Waals surface area contributed by atoms with Gasteiger partial charge in [0.15, 0.2) is 0 Å². The molecule has 92 valence electrons. The van der Waals surface area contributed by atoms with Crippen molar-refractivity contribution in [1.29, 1.82) is 0 Å². The van der Waals surface area contributed by atoms with Gasteiger partial charge in [-0.05, 0) is 24.3 Å². The second-order valence-electron chi connectivity index (χ2n) is 3.45. The quantitative estimate of drug-likeness (QED) is 0.864. The lowest BCUT2D eigenvalue weighted by atomic mass is 10.2. The second kappa shape index (κ2) is 5.22. The number of carbonyl (C=O) groups is 1. The molecular formula is C12H7BrF2N2O. The second-order valence-corrected chi connectivity index (χ2v) is 4.36. The molecule has 18 heavy (non-hydrogen) atoms. The van der Waals surface area contributed by atoms with Crippen LogP contribution >= 0.6 is 15.9 Å². The molecule has 3 nitrogen and oxygen atoms in total.